The van der Waals surface area contributed by atoms with Crippen LogP contribution >= 0.6 is 0 Å². The van der Waals surface area contributed by atoms with Crippen molar-refractivity contribution in [1.82, 2.24) is 19.7 Å². The number of carboxylic acids is 2. The first-order chi connectivity index (χ1) is 17.3. The van der Waals surface area contributed by atoms with Crippen LogP contribution in [0.15, 0.2) is 48.9 Å². The summed E-state index contributed by atoms with van der Waals surface area (Å²) in [4.78, 5) is 39.2. The number of pyridine rings is 2. The van der Waals surface area contributed by atoms with Gasteiger partial charge in [0.05, 0.1) is 11.2 Å². The first-order valence-corrected chi connectivity index (χ1v) is 10.5. The summed E-state index contributed by atoms with van der Waals surface area (Å²) >= 11 is 0. The van der Waals surface area contributed by atoms with Crippen LogP contribution in [-0.2, 0) is 9.59 Å². The zero-order valence-electron chi connectivity index (χ0n) is 20.4. The molecule has 0 aromatic carbocycles. The van der Waals surface area contributed by atoms with Gasteiger partial charge in [-0.2, -0.15) is 26.3 Å². The molecule has 3 aromatic rings. The molecule has 9 nitrogen and oxygen atoms in total. The van der Waals surface area contributed by atoms with Gasteiger partial charge in [-0.3, -0.25) is 14.2 Å². The van der Waals surface area contributed by atoms with Gasteiger partial charge in [0, 0.05) is 30.2 Å². The number of imidazole rings is 1. The number of carbonyl (C=O) groups excluding carboxylic acids is 1. The molecule has 0 fully saturated rings. The van der Waals surface area contributed by atoms with Crippen LogP contribution in [0.3, 0.4) is 0 Å². The van der Waals surface area contributed by atoms with E-state index in [2.05, 4.69) is 36.1 Å². The first-order valence-electron chi connectivity index (χ1n) is 10.5. The molecule has 3 aromatic heterocycles. The van der Waals surface area contributed by atoms with Crippen molar-refractivity contribution in [3.05, 3.63) is 54.7 Å². The van der Waals surface area contributed by atoms with Crippen molar-refractivity contribution < 1.29 is 50.9 Å². The number of amides is 1. The molecular weight excluding hydrogens is 526 g/mol. The van der Waals surface area contributed by atoms with Crippen molar-refractivity contribution in [2.24, 2.45) is 5.41 Å². The normalized spacial score (nSPS) is 12.4. The van der Waals surface area contributed by atoms with Gasteiger partial charge in [-0.25, -0.2) is 14.6 Å². The summed E-state index contributed by atoms with van der Waals surface area (Å²) in [5.74, 6) is -5.28. The number of nitrogens with zero attached hydrogens (tertiary/aromatic N) is 3. The number of alkyl halides is 6. The maximum Gasteiger partial charge on any atom is 0.490 e. The number of aromatic nitrogens is 3. The van der Waals surface area contributed by atoms with E-state index in [0.717, 1.165) is 16.8 Å². The maximum absolute atomic E-state index is 12.8. The number of halogens is 6. The van der Waals surface area contributed by atoms with E-state index in [4.69, 9.17) is 19.8 Å². The van der Waals surface area contributed by atoms with Gasteiger partial charge in [-0.15, -0.1) is 0 Å². The highest BCUT2D eigenvalue weighted by molar-refractivity contribution is 5.94. The van der Waals surface area contributed by atoms with Crippen LogP contribution in [0.2, 0.25) is 0 Å². The molecule has 38 heavy (non-hydrogen) atoms. The monoisotopic (exact) mass is 550 g/mol. The van der Waals surface area contributed by atoms with Gasteiger partial charge < -0.3 is 15.5 Å². The summed E-state index contributed by atoms with van der Waals surface area (Å²) in [6.07, 6.45) is -4.85. The third-order valence-corrected chi connectivity index (χ3v) is 4.84. The minimum atomic E-state index is -5.08. The van der Waals surface area contributed by atoms with Gasteiger partial charge in [0.25, 0.3) is 5.91 Å². The second-order valence-electron chi connectivity index (χ2n) is 8.64. The van der Waals surface area contributed by atoms with Crippen molar-refractivity contribution in [1.29, 1.82) is 0 Å². The third kappa shape index (κ3) is 9.37. The third-order valence-electron chi connectivity index (χ3n) is 4.84. The van der Waals surface area contributed by atoms with Gasteiger partial charge in [-0.05, 0) is 36.6 Å². The van der Waals surface area contributed by atoms with Crippen LogP contribution in [0.4, 0.5) is 26.3 Å². The Kier molecular flexibility index (Phi) is 10.4. The minimum absolute atomic E-state index is 0.0172. The number of carboxylic acid groups (broad SMARTS) is 2. The van der Waals surface area contributed by atoms with Crippen molar-refractivity contribution in [3.63, 3.8) is 0 Å². The number of fused-ring (bicyclic) bond motifs is 1. The zero-order chi connectivity index (χ0) is 29.5. The van der Waals surface area contributed by atoms with E-state index >= 15 is 0 Å². The summed E-state index contributed by atoms with van der Waals surface area (Å²) in [6, 6.07) is 9.64. The summed E-state index contributed by atoms with van der Waals surface area (Å²) in [7, 11) is 0. The van der Waals surface area contributed by atoms with Crippen LogP contribution in [0.25, 0.3) is 16.8 Å². The largest absolute Gasteiger partial charge is 0.490 e. The van der Waals surface area contributed by atoms with E-state index in [0.29, 0.717) is 5.82 Å². The minimum Gasteiger partial charge on any atom is -0.475 e. The Morgan fingerprint density at radius 1 is 0.895 bits per heavy atom. The highest BCUT2D eigenvalue weighted by Crippen LogP contribution is 2.25. The summed E-state index contributed by atoms with van der Waals surface area (Å²) in [5.41, 5.74) is 2.61. The molecule has 3 heterocycles. The van der Waals surface area contributed by atoms with Crippen LogP contribution in [0.5, 0.6) is 0 Å². The van der Waals surface area contributed by atoms with Crippen LogP contribution < -0.4 is 5.32 Å². The Hall–Kier alpha value is -4.17. The molecule has 1 atom stereocenters. The SMILES string of the molecule is CC(NC(=O)c1nc(-c2ccncc2)c2ccccn12)C(C)(C)C.O=C(O)C(F)(F)F.O=C(O)C(F)(F)F. The molecule has 0 saturated heterocycles. The highest BCUT2D eigenvalue weighted by atomic mass is 19.4. The van der Waals surface area contributed by atoms with Gasteiger partial charge in [0.1, 0.15) is 0 Å². The van der Waals surface area contributed by atoms with E-state index in [1.54, 1.807) is 12.4 Å². The standard InChI is InChI=1S/C19H22N4O.2C2HF3O2/c1-13(19(2,3)4)21-18(24)17-22-16(14-8-10-20-11-9-14)15-7-5-6-12-23(15)17;2*3-2(4,5)1(6)7/h5-13H,1-4H3,(H,21,24);2*(H,6,7). The average molecular weight is 550 g/mol. The smallest absolute Gasteiger partial charge is 0.475 e. The van der Waals surface area contributed by atoms with Crippen molar-refractivity contribution in [2.45, 2.75) is 46.1 Å². The lowest BCUT2D eigenvalue weighted by atomic mass is 9.88. The van der Waals surface area contributed by atoms with Gasteiger partial charge in [0.15, 0.2) is 0 Å². The molecule has 0 aliphatic carbocycles. The summed E-state index contributed by atoms with van der Waals surface area (Å²) in [6.45, 7) is 8.32. The van der Waals surface area contributed by atoms with E-state index in [9.17, 15) is 31.1 Å². The number of hydrogen-bond acceptors (Lipinski definition) is 5. The second kappa shape index (κ2) is 12.4. The van der Waals surface area contributed by atoms with Crippen LogP contribution in [0, 0.1) is 5.41 Å². The molecule has 0 aliphatic rings. The Morgan fingerprint density at radius 2 is 1.37 bits per heavy atom. The van der Waals surface area contributed by atoms with Crippen LogP contribution in [-0.4, -0.2) is 60.8 Å². The lowest BCUT2D eigenvalue weighted by Gasteiger charge is -2.27. The first kappa shape index (κ1) is 31.9. The molecule has 208 valence electrons. The van der Waals surface area contributed by atoms with E-state index in [1.165, 1.54) is 0 Å². The fraction of sp³-hybridized carbons (Fsp3) is 0.348. The Morgan fingerprint density at radius 3 is 1.79 bits per heavy atom. The Labute approximate surface area is 212 Å². The molecule has 0 saturated carbocycles. The second-order valence-corrected chi connectivity index (χ2v) is 8.64. The molecule has 3 rings (SSSR count). The fourth-order valence-corrected chi connectivity index (χ4v) is 2.40. The molecule has 0 aliphatic heterocycles. The van der Waals surface area contributed by atoms with Gasteiger partial charge in [0.2, 0.25) is 5.82 Å². The van der Waals surface area contributed by atoms with Gasteiger partial charge >= 0.3 is 24.3 Å². The maximum atomic E-state index is 12.8. The Bertz CT molecular complexity index is 1230. The van der Waals surface area contributed by atoms with E-state index in [1.807, 2.05) is 47.9 Å². The fourth-order valence-electron chi connectivity index (χ4n) is 2.40. The molecule has 0 spiro atoms. The number of rotatable bonds is 3. The van der Waals surface area contributed by atoms with Crippen molar-refractivity contribution in [2.75, 3.05) is 0 Å². The zero-order valence-corrected chi connectivity index (χ0v) is 20.4. The lowest BCUT2D eigenvalue weighted by molar-refractivity contribution is -0.193. The number of aliphatic carboxylic acids is 2. The number of carbonyl (C=O) groups is 3. The number of nitrogens with one attached hydrogen (secondary N) is 1. The predicted molar refractivity (Wildman–Crippen MR) is 122 cm³/mol. The molecule has 1 unspecified atom stereocenters. The molecule has 3 N–H and O–H groups in total. The van der Waals surface area contributed by atoms with Gasteiger partial charge in [-0.1, -0.05) is 26.8 Å². The Balaban J connectivity index is 0.000000426. The van der Waals surface area contributed by atoms with E-state index < -0.39 is 24.3 Å². The van der Waals surface area contributed by atoms with Crippen molar-refractivity contribution >= 4 is 23.4 Å². The summed E-state index contributed by atoms with van der Waals surface area (Å²) in [5, 5.41) is 17.3. The molecular formula is C23H24F6N4O5. The highest BCUT2D eigenvalue weighted by Gasteiger charge is 2.38. The number of hydrogen-bond donors (Lipinski definition) is 3. The average Bonchev–Trinajstić information content (AvgIpc) is 3.18. The predicted octanol–water partition coefficient (Wildman–Crippen LogP) is 4.83. The lowest BCUT2D eigenvalue weighted by Crippen LogP contribution is -2.42. The molecule has 1 amide bonds. The quantitative estimate of drug-likeness (QED) is 0.398. The molecule has 0 bridgehead atoms. The molecule has 0 radical (unpaired) electrons. The topological polar surface area (TPSA) is 134 Å². The molecule has 15 heteroatoms. The van der Waals surface area contributed by atoms with Crippen molar-refractivity contribution in [3.8, 4) is 11.3 Å². The van der Waals surface area contributed by atoms with E-state index in [-0.39, 0.29) is 17.4 Å². The van der Waals surface area contributed by atoms with Crippen LogP contribution in [0.1, 0.15) is 38.3 Å². The summed E-state index contributed by atoms with van der Waals surface area (Å²) < 4.78 is 65.3.